The highest BCUT2D eigenvalue weighted by Gasteiger charge is 2.34. The van der Waals surface area contributed by atoms with Crippen LogP contribution in [0.1, 0.15) is 40.7 Å². The van der Waals surface area contributed by atoms with Gasteiger partial charge in [-0.3, -0.25) is 4.79 Å². The second-order valence-electron chi connectivity index (χ2n) is 6.49. The predicted octanol–water partition coefficient (Wildman–Crippen LogP) is 4.78. The lowest BCUT2D eigenvalue weighted by Crippen LogP contribution is -2.30. The van der Waals surface area contributed by atoms with E-state index in [2.05, 4.69) is 26.1 Å². The van der Waals surface area contributed by atoms with Crippen LogP contribution in [0.4, 0.5) is 0 Å². The molecule has 6 heteroatoms. The van der Waals surface area contributed by atoms with Crippen LogP contribution in [0.15, 0.2) is 57.5 Å². The second kappa shape index (κ2) is 7.03. The largest absolute Gasteiger partial charge is 0.337 e. The summed E-state index contributed by atoms with van der Waals surface area (Å²) < 4.78 is 6.50. The van der Waals surface area contributed by atoms with Crippen molar-refractivity contribution in [3.63, 3.8) is 0 Å². The molecule has 2 heterocycles. The Hall–Kier alpha value is -2.47. The Labute approximate surface area is 160 Å². The average molecular weight is 412 g/mol. The molecule has 2 aromatic carbocycles. The van der Waals surface area contributed by atoms with Gasteiger partial charge < -0.3 is 9.42 Å². The van der Waals surface area contributed by atoms with Crippen LogP contribution in [0.3, 0.4) is 0 Å². The van der Waals surface area contributed by atoms with Crippen LogP contribution in [-0.2, 0) is 0 Å². The summed E-state index contributed by atoms with van der Waals surface area (Å²) in [6.07, 6.45) is 1.76. The number of nitrogens with zero attached hydrogens (tertiary/aromatic N) is 3. The monoisotopic (exact) mass is 411 g/mol. The minimum atomic E-state index is -0.166. The molecule has 0 aliphatic carbocycles. The lowest BCUT2D eigenvalue weighted by atomic mass is 10.1. The topological polar surface area (TPSA) is 59.2 Å². The molecule has 26 heavy (non-hydrogen) atoms. The van der Waals surface area contributed by atoms with Crippen molar-refractivity contribution in [3.05, 3.63) is 70.0 Å². The molecule has 1 amide bonds. The van der Waals surface area contributed by atoms with Crippen molar-refractivity contribution >= 4 is 21.8 Å². The van der Waals surface area contributed by atoms with Crippen LogP contribution in [0.2, 0.25) is 0 Å². The second-order valence-corrected chi connectivity index (χ2v) is 7.40. The first-order valence-corrected chi connectivity index (χ1v) is 9.38. The van der Waals surface area contributed by atoms with E-state index in [1.165, 1.54) is 0 Å². The number of likely N-dealkylation sites (tertiary alicyclic amines) is 1. The average Bonchev–Trinajstić information content (AvgIpc) is 3.31. The van der Waals surface area contributed by atoms with Crippen molar-refractivity contribution in [2.75, 3.05) is 6.54 Å². The molecular formula is C20H18BrN3O2. The Morgan fingerprint density at radius 3 is 2.62 bits per heavy atom. The number of amides is 1. The molecule has 1 fully saturated rings. The van der Waals surface area contributed by atoms with Gasteiger partial charge in [-0.2, -0.15) is 4.98 Å². The first-order chi connectivity index (χ1) is 12.6. The summed E-state index contributed by atoms with van der Waals surface area (Å²) in [5.41, 5.74) is 2.71. The van der Waals surface area contributed by atoms with E-state index in [4.69, 9.17) is 4.52 Å². The number of rotatable bonds is 3. The van der Waals surface area contributed by atoms with E-state index in [1.54, 1.807) is 0 Å². The van der Waals surface area contributed by atoms with Gasteiger partial charge in [0.2, 0.25) is 11.7 Å². The molecule has 0 spiro atoms. The molecule has 1 aliphatic heterocycles. The lowest BCUT2D eigenvalue weighted by Gasteiger charge is -2.22. The van der Waals surface area contributed by atoms with Gasteiger partial charge in [0.1, 0.15) is 6.04 Å². The van der Waals surface area contributed by atoms with Gasteiger partial charge in [0, 0.05) is 22.1 Å². The normalized spacial score (nSPS) is 16.8. The first kappa shape index (κ1) is 17.0. The highest BCUT2D eigenvalue weighted by atomic mass is 79.9. The van der Waals surface area contributed by atoms with Gasteiger partial charge in [-0.1, -0.05) is 38.8 Å². The zero-order valence-electron chi connectivity index (χ0n) is 14.4. The zero-order valence-corrected chi connectivity index (χ0v) is 15.9. The quantitative estimate of drug-likeness (QED) is 0.621. The number of aryl methyl sites for hydroxylation is 1. The van der Waals surface area contributed by atoms with Gasteiger partial charge in [0.25, 0.3) is 5.91 Å². The maximum Gasteiger partial charge on any atom is 0.254 e. The van der Waals surface area contributed by atoms with E-state index in [9.17, 15) is 4.79 Å². The first-order valence-electron chi connectivity index (χ1n) is 8.59. The number of hydrogen-bond acceptors (Lipinski definition) is 4. The highest BCUT2D eigenvalue weighted by Crippen LogP contribution is 2.33. The number of benzene rings is 2. The van der Waals surface area contributed by atoms with Crippen LogP contribution in [-0.4, -0.2) is 27.5 Å². The SMILES string of the molecule is Cc1ccc(C(=O)N2CCC[C@H]2c2nc(-c3ccc(Br)cc3)no2)cc1. The van der Waals surface area contributed by atoms with Crippen molar-refractivity contribution < 1.29 is 9.32 Å². The fraction of sp³-hybridized carbons (Fsp3) is 0.250. The summed E-state index contributed by atoms with van der Waals surface area (Å²) in [5.74, 6) is 1.05. The number of carbonyl (C=O) groups is 1. The maximum absolute atomic E-state index is 12.9. The molecule has 0 bridgehead atoms. The standard InChI is InChI=1S/C20H18BrN3O2/c1-13-4-6-15(7-5-13)20(25)24-12-2-3-17(24)19-22-18(23-26-19)14-8-10-16(21)11-9-14/h4-11,17H,2-3,12H2,1H3/t17-/m0/s1. The van der Waals surface area contributed by atoms with Gasteiger partial charge in [-0.15, -0.1) is 0 Å². The molecular weight excluding hydrogens is 394 g/mol. The summed E-state index contributed by atoms with van der Waals surface area (Å²) in [6.45, 7) is 2.71. The molecule has 1 atom stereocenters. The fourth-order valence-electron chi connectivity index (χ4n) is 3.22. The van der Waals surface area contributed by atoms with Gasteiger partial charge in [-0.05, 0) is 56.2 Å². The Kier molecular flexibility index (Phi) is 4.59. The summed E-state index contributed by atoms with van der Waals surface area (Å²) >= 11 is 3.42. The molecule has 1 saturated heterocycles. The summed E-state index contributed by atoms with van der Waals surface area (Å²) in [6, 6.07) is 15.2. The summed E-state index contributed by atoms with van der Waals surface area (Å²) in [7, 11) is 0. The molecule has 0 N–H and O–H groups in total. The van der Waals surface area contributed by atoms with Gasteiger partial charge in [0.15, 0.2) is 0 Å². The highest BCUT2D eigenvalue weighted by molar-refractivity contribution is 9.10. The van der Waals surface area contributed by atoms with E-state index >= 15 is 0 Å². The molecule has 4 rings (SSSR count). The lowest BCUT2D eigenvalue weighted by molar-refractivity contribution is 0.0710. The van der Waals surface area contributed by atoms with Gasteiger partial charge >= 0.3 is 0 Å². The van der Waals surface area contributed by atoms with Gasteiger partial charge in [0.05, 0.1) is 0 Å². The summed E-state index contributed by atoms with van der Waals surface area (Å²) in [4.78, 5) is 19.3. The van der Waals surface area contributed by atoms with Crippen LogP contribution >= 0.6 is 15.9 Å². The van der Waals surface area contributed by atoms with Crippen LogP contribution in [0.5, 0.6) is 0 Å². The predicted molar refractivity (Wildman–Crippen MR) is 102 cm³/mol. The van der Waals surface area contributed by atoms with E-state index in [1.807, 2.05) is 60.4 Å². The number of carbonyl (C=O) groups excluding carboxylic acids is 1. The number of aromatic nitrogens is 2. The van der Waals surface area contributed by atoms with E-state index in [0.29, 0.717) is 23.8 Å². The third-order valence-electron chi connectivity index (χ3n) is 4.64. The third-order valence-corrected chi connectivity index (χ3v) is 5.17. The Morgan fingerprint density at radius 2 is 1.88 bits per heavy atom. The molecule has 3 aromatic rings. The van der Waals surface area contributed by atoms with Crippen molar-refractivity contribution in [2.24, 2.45) is 0 Å². The van der Waals surface area contributed by atoms with Crippen molar-refractivity contribution in [1.29, 1.82) is 0 Å². The van der Waals surface area contributed by atoms with Crippen LogP contribution in [0.25, 0.3) is 11.4 Å². The fourth-order valence-corrected chi connectivity index (χ4v) is 3.48. The number of halogens is 1. The third kappa shape index (κ3) is 3.29. The Balaban J connectivity index is 1.58. The van der Waals surface area contributed by atoms with Crippen LogP contribution < -0.4 is 0 Å². The smallest absolute Gasteiger partial charge is 0.254 e. The Bertz CT molecular complexity index is 919. The Morgan fingerprint density at radius 1 is 1.15 bits per heavy atom. The molecule has 0 saturated carbocycles. The van der Waals surface area contributed by atoms with E-state index < -0.39 is 0 Å². The minimum Gasteiger partial charge on any atom is -0.337 e. The zero-order chi connectivity index (χ0) is 18.1. The van der Waals surface area contributed by atoms with E-state index in [0.717, 1.165) is 28.4 Å². The molecule has 132 valence electrons. The molecule has 1 aliphatic rings. The molecule has 1 aromatic heterocycles. The van der Waals surface area contributed by atoms with Gasteiger partial charge in [-0.25, -0.2) is 0 Å². The maximum atomic E-state index is 12.9. The molecule has 0 unspecified atom stereocenters. The van der Waals surface area contributed by atoms with Crippen molar-refractivity contribution in [3.8, 4) is 11.4 Å². The number of hydrogen-bond donors (Lipinski definition) is 0. The van der Waals surface area contributed by atoms with E-state index in [-0.39, 0.29) is 11.9 Å². The van der Waals surface area contributed by atoms with Crippen molar-refractivity contribution in [1.82, 2.24) is 15.0 Å². The summed E-state index contributed by atoms with van der Waals surface area (Å²) in [5, 5.41) is 4.10. The molecule has 5 nitrogen and oxygen atoms in total. The van der Waals surface area contributed by atoms with Crippen molar-refractivity contribution in [2.45, 2.75) is 25.8 Å². The van der Waals surface area contributed by atoms with Crippen LogP contribution in [0, 0.1) is 6.92 Å². The minimum absolute atomic E-state index is 0.0101. The molecule has 0 radical (unpaired) electrons.